The van der Waals surface area contributed by atoms with E-state index in [1.807, 2.05) is 18.2 Å². The Balaban J connectivity index is 1.90. The number of hydrogen-bond acceptors (Lipinski definition) is 8. The first-order chi connectivity index (χ1) is 16.5. The van der Waals surface area contributed by atoms with Gasteiger partial charge in [-0.25, -0.2) is 4.79 Å². The normalized spacial score (nSPS) is 20.6. The number of carbonyl (C=O) groups is 3. The van der Waals surface area contributed by atoms with Crippen molar-refractivity contribution in [3.63, 3.8) is 0 Å². The van der Waals surface area contributed by atoms with Crippen LogP contribution in [0.2, 0.25) is 5.02 Å². The van der Waals surface area contributed by atoms with Crippen LogP contribution in [0.4, 0.5) is 0 Å². The number of aldehydes is 1. The summed E-state index contributed by atoms with van der Waals surface area (Å²) in [5, 5.41) is 14.3. The molecule has 10 heteroatoms. The highest BCUT2D eigenvalue weighted by Gasteiger charge is 2.24. The highest BCUT2D eigenvalue weighted by molar-refractivity contribution is 7.99. The molecule has 2 aliphatic heterocycles. The second kappa shape index (κ2) is 13.2. The van der Waals surface area contributed by atoms with Gasteiger partial charge >= 0.3 is 5.97 Å². The van der Waals surface area contributed by atoms with Crippen LogP contribution < -0.4 is 0 Å². The quantitative estimate of drug-likeness (QED) is 0.286. The third kappa shape index (κ3) is 7.11. The van der Waals surface area contributed by atoms with Gasteiger partial charge < -0.3 is 19.6 Å². The number of allylic oxidation sites excluding steroid dienone is 3. The number of benzene rings is 1. The highest BCUT2D eigenvalue weighted by atomic mass is 35.5. The van der Waals surface area contributed by atoms with Gasteiger partial charge in [-0.15, -0.1) is 0 Å². The maximum absolute atomic E-state index is 12.8. The van der Waals surface area contributed by atoms with Gasteiger partial charge in [0, 0.05) is 36.6 Å². The molecule has 0 unspecified atom stereocenters. The number of thioether (sulfide) groups is 1. The molecule has 0 bridgehead atoms. The minimum Gasteiger partial charge on any atom is -0.506 e. The number of amides is 1. The molecule has 1 amide bonds. The van der Waals surface area contributed by atoms with Gasteiger partial charge in [-0.1, -0.05) is 35.0 Å². The van der Waals surface area contributed by atoms with Crippen LogP contribution in [0.1, 0.15) is 45.5 Å². The minimum atomic E-state index is -0.716. The predicted molar refractivity (Wildman–Crippen MR) is 132 cm³/mol. The van der Waals surface area contributed by atoms with Crippen molar-refractivity contribution in [1.29, 1.82) is 0 Å². The number of hydrogen-bond donors (Lipinski definition) is 1. The van der Waals surface area contributed by atoms with Crippen LogP contribution in [0, 0.1) is 0 Å². The second-order valence-electron chi connectivity index (χ2n) is 7.67. The van der Waals surface area contributed by atoms with Crippen molar-refractivity contribution in [1.82, 2.24) is 4.90 Å². The van der Waals surface area contributed by atoms with E-state index in [-0.39, 0.29) is 53.0 Å². The molecule has 182 valence electrons. The largest absolute Gasteiger partial charge is 0.506 e. The van der Waals surface area contributed by atoms with Crippen LogP contribution in [-0.4, -0.2) is 71.7 Å². The molecule has 1 fully saturated rings. The van der Waals surface area contributed by atoms with Gasteiger partial charge in [0.15, 0.2) is 12.9 Å². The van der Waals surface area contributed by atoms with Crippen molar-refractivity contribution in [2.24, 2.45) is 5.16 Å². The third-order valence-corrected chi connectivity index (χ3v) is 6.65. The van der Waals surface area contributed by atoms with Gasteiger partial charge in [0.1, 0.15) is 5.75 Å². The van der Waals surface area contributed by atoms with E-state index >= 15 is 0 Å². The van der Waals surface area contributed by atoms with Gasteiger partial charge in [0.25, 0.3) is 5.91 Å². The standard InChI is InChI=1S/C24H27ClN2O6S/c25-23-19-14-18(26-33-16-21(30)27-8-11-34-12-9-27)7-5-3-1-2-4-6-10-32-24(31)22(19)17(15-28)13-20(23)29/h2,4-5,7,13,15,29H,1,3,6,8-12,14,16H2/b4-2+,7-5+,26-18-. The Morgan fingerprint density at radius 2 is 1.97 bits per heavy atom. The molecule has 0 aromatic heterocycles. The molecular weight excluding hydrogens is 480 g/mol. The Kier molecular flexibility index (Phi) is 10.0. The molecule has 2 aliphatic rings. The number of nitrogens with zero attached hydrogens (tertiary/aromatic N) is 2. The molecule has 3 rings (SSSR count). The second-order valence-corrected chi connectivity index (χ2v) is 9.27. The lowest BCUT2D eigenvalue weighted by atomic mass is 9.96. The molecule has 0 atom stereocenters. The Bertz CT molecular complexity index is 1000. The van der Waals surface area contributed by atoms with Crippen LogP contribution in [-0.2, 0) is 20.8 Å². The number of esters is 1. The molecule has 1 aromatic rings. The molecule has 1 aromatic carbocycles. The summed E-state index contributed by atoms with van der Waals surface area (Å²) in [4.78, 5) is 44.0. The number of carbonyl (C=O) groups excluding carboxylic acids is 3. The summed E-state index contributed by atoms with van der Waals surface area (Å²) in [6.07, 6.45) is 10.1. The predicted octanol–water partition coefficient (Wildman–Crippen LogP) is 3.80. The smallest absolute Gasteiger partial charge is 0.339 e. The van der Waals surface area contributed by atoms with Crippen molar-refractivity contribution < 1.29 is 29.1 Å². The van der Waals surface area contributed by atoms with E-state index in [1.54, 1.807) is 22.7 Å². The van der Waals surface area contributed by atoms with E-state index in [0.29, 0.717) is 31.5 Å². The summed E-state index contributed by atoms with van der Waals surface area (Å²) in [5.41, 5.74) is 0.517. The SMILES string of the molecule is O=Cc1cc(O)c(Cl)c2c1C(=O)OCC/C=C/CC/C=C/C(=N/OCC(=O)N1CCSCC1)C2. The zero-order valence-electron chi connectivity index (χ0n) is 18.7. The van der Waals surface area contributed by atoms with Crippen molar-refractivity contribution in [2.45, 2.75) is 25.7 Å². The lowest BCUT2D eigenvalue weighted by Crippen LogP contribution is -2.39. The number of oxime groups is 1. The summed E-state index contributed by atoms with van der Waals surface area (Å²) in [6, 6.07) is 1.14. The van der Waals surface area contributed by atoms with Gasteiger partial charge in [0.05, 0.1) is 22.9 Å². The van der Waals surface area contributed by atoms with Crippen LogP contribution in [0.5, 0.6) is 5.75 Å². The molecule has 0 saturated carbocycles. The Labute approximate surface area is 207 Å². The highest BCUT2D eigenvalue weighted by Crippen LogP contribution is 2.33. The Morgan fingerprint density at radius 3 is 2.74 bits per heavy atom. The Hall–Kier alpha value is -2.78. The first-order valence-corrected chi connectivity index (χ1v) is 12.6. The summed E-state index contributed by atoms with van der Waals surface area (Å²) in [6.45, 7) is 1.28. The molecule has 0 spiro atoms. The van der Waals surface area contributed by atoms with Gasteiger partial charge in [-0.2, -0.15) is 11.8 Å². The van der Waals surface area contributed by atoms with E-state index in [1.165, 1.54) is 0 Å². The molecule has 8 nitrogen and oxygen atoms in total. The molecule has 1 N–H and O–H groups in total. The monoisotopic (exact) mass is 506 g/mol. The number of halogens is 1. The maximum Gasteiger partial charge on any atom is 0.339 e. The van der Waals surface area contributed by atoms with Crippen LogP contribution in [0.3, 0.4) is 0 Å². The van der Waals surface area contributed by atoms with Crippen molar-refractivity contribution in [2.75, 3.05) is 37.8 Å². The number of phenolic OH excluding ortho intramolecular Hbond substituents is 1. The van der Waals surface area contributed by atoms with Crippen molar-refractivity contribution in [3.05, 3.63) is 52.1 Å². The van der Waals surface area contributed by atoms with E-state index < -0.39 is 5.97 Å². The average molecular weight is 507 g/mol. The molecule has 34 heavy (non-hydrogen) atoms. The number of cyclic esters (lactones) is 1. The lowest BCUT2D eigenvalue weighted by Gasteiger charge is -2.25. The lowest BCUT2D eigenvalue weighted by molar-refractivity contribution is -0.135. The fourth-order valence-corrected chi connectivity index (χ4v) is 4.66. The number of phenols is 1. The number of fused-ring (bicyclic) bond motifs is 1. The fraction of sp³-hybridized carbons (Fsp3) is 0.417. The van der Waals surface area contributed by atoms with Crippen molar-refractivity contribution in [3.8, 4) is 5.75 Å². The molecule has 1 saturated heterocycles. The first-order valence-electron chi connectivity index (χ1n) is 11.0. The van der Waals surface area contributed by atoms with E-state index in [9.17, 15) is 19.5 Å². The summed E-state index contributed by atoms with van der Waals surface area (Å²) in [7, 11) is 0. The maximum atomic E-state index is 12.8. The van der Waals surface area contributed by atoms with Gasteiger partial charge in [0.2, 0.25) is 0 Å². The first kappa shape index (κ1) is 25.8. The summed E-state index contributed by atoms with van der Waals surface area (Å²) < 4.78 is 5.34. The number of aromatic hydroxyl groups is 1. The summed E-state index contributed by atoms with van der Waals surface area (Å²) in [5.74, 6) is 0.590. The topological polar surface area (TPSA) is 105 Å². The van der Waals surface area contributed by atoms with Crippen molar-refractivity contribution >= 4 is 47.2 Å². The van der Waals surface area contributed by atoms with E-state index in [2.05, 4.69) is 5.16 Å². The van der Waals surface area contributed by atoms with Crippen LogP contribution >= 0.6 is 23.4 Å². The van der Waals surface area contributed by atoms with E-state index in [4.69, 9.17) is 21.2 Å². The molecule has 0 radical (unpaired) electrons. The molecule has 2 heterocycles. The third-order valence-electron chi connectivity index (χ3n) is 5.29. The Morgan fingerprint density at radius 1 is 1.24 bits per heavy atom. The minimum absolute atomic E-state index is 0.0145. The number of rotatable bonds is 4. The average Bonchev–Trinajstić information content (AvgIpc) is 2.85. The van der Waals surface area contributed by atoms with Crippen LogP contribution in [0.25, 0.3) is 0 Å². The molecular formula is C24H27ClN2O6S. The summed E-state index contributed by atoms with van der Waals surface area (Å²) >= 11 is 8.14. The molecule has 0 aliphatic carbocycles. The fourth-order valence-electron chi connectivity index (χ4n) is 3.54. The number of ether oxygens (including phenoxy) is 1. The van der Waals surface area contributed by atoms with E-state index in [0.717, 1.165) is 30.4 Å². The van der Waals surface area contributed by atoms with Gasteiger partial charge in [-0.05, 0) is 37.0 Å². The zero-order chi connectivity index (χ0) is 24.3. The van der Waals surface area contributed by atoms with Crippen LogP contribution in [0.15, 0.2) is 35.5 Å². The van der Waals surface area contributed by atoms with Gasteiger partial charge in [-0.3, -0.25) is 9.59 Å². The zero-order valence-corrected chi connectivity index (χ0v) is 20.3.